The molecule has 4 nitrogen and oxygen atoms in total. The highest BCUT2D eigenvalue weighted by Gasteiger charge is 2.12. The average Bonchev–Trinajstić information content (AvgIpc) is 2.38. The first-order chi connectivity index (χ1) is 9.00. The average molecular weight is 277 g/mol. The van der Waals surface area contributed by atoms with E-state index in [1.54, 1.807) is 44.4 Å². The Labute approximate surface area is 115 Å². The summed E-state index contributed by atoms with van der Waals surface area (Å²) in [6.07, 6.45) is 1.60. The predicted molar refractivity (Wildman–Crippen MR) is 75.8 cm³/mol. The van der Waals surface area contributed by atoms with Gasteiger partial charge in [-0.25, -0.2) is 0 Å². The van der Waals surface area contributed by atoms with Gasteiger partial charge in [0, 0.05) is 24.0 Å². The first-order valence-electron chi connectivity index (χ1n) is 5.73. The van der Waals surface area contributed by atoms with Crippen molar-refractivity contribution in [2.45, 2.75) is 6.92 Å². The number of nitrogens with one attached hydrogen (secondary N) is 1. The molecule has 1 heterocycles. The Hall–Kier alpha value is -2.07. The van der Waals surface area contributed by atoms with Gasteiger partial charge in [0.1, 0.15) is 5.56 Å². The zero-order chi connectivity index (χ0) is 14.0. The van der Waals surface area contributed by atoms with Gasteiger partial charge in [0.25, 0.3) is 11.5 Å². The number of aryl methyl sites for hydroxylation is 1. The number of anilines is 1. The molecule has 1 N–H and O–H groups in total. The van der Waals surface area contributed by atoms with Crippen LogP contribution in [0.25, 0.3) is 0 Å². The maximum absolute atomic E-state index is 12.1. The van der Waals surface area contributed by atoms with Gasteiger partial charge in [0.15, 0.2) is 0 Å². The largest absolute Gasteiger partial charge is 0.322 e. The number of aromatic nitrogens is 1. The Morgan fingerprint density at radius 3 is 2.74 bits per heavy atom. The lowest BCUT2D eigenvalue weighted by atomic mass is 10.2. The second kappa shape index (κ2) is 5.28. The van der Waals surface area contributed by atoms with E-state index in [-0.39, 0.29) is 11.1 Å². The van der Waals surface area contributed by atoms with Crippen LogP contribution in [-0.4, -0.2) is 10.5 Å². The van der Waals surface area contributed by atoms with Gasteiger partial charge in [-0.3, -0.25) is 9.59 Å². The van der Waals surface area contributed by atoms with Crippen LogP contribution in [-0.2, 0) is 7.05 Å². The lowest BCUT2D eigenvalue weighted by Gasteiger charge is -2.09. The minimum Gasteiger partial charge on any atom is -0.322 e. The second-order valence-electron chi connectivity index (χ2n) is 4.20. The van der Waals surface area contributed by atoms with Gasteiger partial charge >= 0.3 is 0 Å². The van der Waals surface area contributed by atoms with Gasteiger partial charge < -0.3 is 9.88 Å². The normalized spacial score (nSPS) is 10.3. The molecule has 0 spiro atoms. The molecule has 0 aliphatic carbocycles. The van der Waals surface area contributed by atoms with E-state index in [9.17, 15) is 9.59 Å². The number of hydrogen-bond acceptors (Lipinski definition) is 2. The molecule has 0 aliphatic heterocycles. The molecule has 0 saturated carbocycles. The van der Waals surface area contributed by atoms with Crippen molar-refractivity contribution in [3.8, 4) is 0 Å². The third kappa shape index (κ3) is 2.69. The molecule has 19 heavy (non-hydrogen) atoms. The van der Waals surface area contributed by atoms with Crippen molar-refractivity contribution in [3.63, 3.8) is 0 Å². The summed E-state index contributed by atoms with van der Waals surface area (Å²) in [6.45, 7) is 1.81. The van der Waals surface area contributed by atoms with E-state index < -0.39 is 5.91 Å². The van der Waals surface area contributed by atoms with Crippen LogP contribution in [0.1, 0.15) is 15.9 Å². The standard InChI is InChI=1S/C14H13ClN2O2/c1-9-11(15)6-3-7-12(9)16-13(18)10-5-4-8-17(2)14(10)19/h3-8H,1-2H3,(H,16,18). The van der Waals surface area contributed by atoms with E-state index in [2.05, 4.69) is 5.32 Å². The number of benzene rings is 1. The van der Waals surface area contributed by atoms with Crippen molar-refractivity contribution in [1.82, 2.24) is 4.57 Å². The number of pyridine rings is 1. The minimum absolute atomic E-state index is 0.101. The molecule has 2 aromatic rings. The number of nitrogens with zero attached hydrogens (tertiary/aromatic N) is 1. The van der Waals surface area contributed by atoms with Crippen LogP contribution in [0.4, 0.5) is 5.69 Å². The van der Waals surface area contributed by atoms with Crippen molar-refractivity contribution < 1.29 is 4.79 Å². The van der Waals surface area contributed by atoms with Gasteiger partial charge in [0.2, 0.25) is 0 Å². The van der Waals surface area contributed by atoms with E-state index in [0.29, 0.717) is 10.7 Å². The summed E-state index contributed by atoms with van der Waals surface area (Å²) in [7, 11) is 1.60. The van der Waals surface area contributed by atoms with Crippen molar-refractivity contribution in [2.75, 3.05) is 5.32 Å². The summed E-state index contributed by atoms with van der Waals surface area (Å²) in [5.41, 5.74) is 1.14. The maximum atomic E-state index is 12.1. The van der Waals surface area contributed by atoms with Crippen molar-refractivity contribution in [1.29, 1.82) is 0 Å². The maximum Gasteiger partial charge on any atom is 0.263 e. The Morgan fingerprint density at radius 1 is 1.26 bits per heavy atom. The fourth-order valence-corrected chi connectivity index (χ4v) is 1.88. The summed E-state index contributed by atoms with van der Waals surface area (Å²) < 4.78 is 1.36. The van der Waals surface area contributed by atoms with E-state index in [4.69, 9.17) is 11.6 Å². The minimum atomic E-state index is -0.438. The number of hydrogen-bond donors (Lipinski definition) is 1. The molecule has 0 aliphatic rings. The van der Waals surface area contributed by atoms with E-state index in [1.165, 1.54) is 10.6 Å². The molecule has 0 radical (unpaired) electrons. The van der Waals surface area contributed by atoms with Crippen LogP contribution >= 0.6 is 11.6 Å². The molecule has 0 bridgehead atoms. The fraction of sp³-hybridized carbons (Fsp3) is 0.143. The number of rotatable bonds is 2. The summed E-state index contributed by atoms with van der Waals surface area (Å²) in [6, 6.07) is 8.38. The molecule has 2 rings (SSSR count). The monoisotopic (exact) mass is 276 g/mol. The van der Waals surface area contributed by atoms with E-state index in [0.717, 1.165) is 5.56 Å². The number of carbonyl (C=O) groups excluding carboxylic acids is 1. The first-order valence-corrected chi connectivity index (χ1v) is 6.10. The zero-order valence-electron chi connectivity index (χ0n) is 10.6. The van der Waals surface area contributed by atoms with Gasteiger partial charge in [-0.1, -0.05) is 17.7 Å². The van der Waals surface area contributed by atoms with Crippen molar-refractivity contribution >= 4 is 23.2 Å². The van der Waals surface area contributed by atoms with Gasteiger partial charge in [-0.15, -0.1) is 0 Å². The Morgan fingerprint density at radius 2 is 2.00 bits per heavy atom. The van der Waals surface area contributed by atoms with E-state index >= 15 is 0 Å². The summed E-state index contributed by atoms with van der Waals surface area (Å²) in [5, 5.41) is 3.27. The van der Waals surface area contributed by atoms with Gasteiger partial charge in [-0.2, -0.15) is 0 Å². The molecule has 0 unspecified atom stereocenters. The fourth-order valence-electron chi connectivity index (χ4n) is 1.70. The molecule has 0 atom stereocenters. The van der Waals surface area contributed by atoms with Crippen LogP contribution in [0.15, 0.2) is 41.3 Å². The van der Waals surface area contributed by atoms with Crippen LogP contribution in [0.2, 0.25) is 5.02 Å². The molecule has 98 valence electrons. The Kier molecular flexibility index (Phi) is 3.71. The quantitative estimate of drug-likeness (QED) is 0.917. The van der Waals surface area contributed by atoms with Gasteiger partial charge in [0.05, 0.1) is 0 Å². The molecule has 1 aromatic heterocycles. The van der Waals surface area contributed by atoms with Crippen LogP contribution < -0.4 is 10.9 Å². The third-order valence-corrected chi connectivity index (χ3v) is 3.29. The highest BCUT2D eigenvalue weighted by atomic mass is 35.5. The number of carbonyl (C=O) groups is 1. The van der Waals surface area contributed by atoms with Crippen LogP contribution in [0.3, 0.4) is 0 Å². The van der Waals surface area contributed by atoms with Gasteiger partial charge in [-0.05, 0) is 36.8 Å². The molecule has 1 aromatic carbocycles. The highest BCUT2D eigenvalue weighted by Crippen LogP contribution is 2.23. The zero-order valence-corrected chi connectivity index (χ0v) is 11.4. The Balaban J connectivity index is 2.34. The summed E-state index contributed by atoms with van der Waals surface area (Å²) in [5.74, 6) is -0.438. The SMILES string of the molecule is Cc1c(Cl)cccc1NC(=O)c1cccn(C)c1=O. The lowest BCUT2D eigenvalue weighted by molar-refractivity contribution is 0.102. The number of halogens is 1. The molecule has 0 fully saturated rings. The molecular formula is C14H13ClN2O2. The third-order valence-electron chi connectivity index (χ3n) is 2.88. The van der Waals surface area contributed by atoms with E-state index in [1.807, 2.05) is 0 Å². The molecular weight excluding hydrogens is 264 g/mol. The summed E-state index contributed by atoms with van der Waals surface area (Å²) >= 11 is 5.98. The number of amides is 1. The molecule has 5 heteroatoms. The van der Waals surface area contributed by atoms with Crippen LogP contribution in [0, 0.1) is 6.92 Å². The molecule has 0 saturated heterocycles. The second-order valence-corrected chi connectivity index (χ2v) is 4.61. The van der Waals surface area contributed by atoms with Crippen molar-refractivity contribution in [3.05, 3.63) is 63.0 Å². The van der Waals surface area contributed by atoms with Crippen LogP contribution in [0.5, 0.6) is 0 Å². The topological polar surface area (TPSA) is 51.1 Å². The highest BCUT2D eigenvalue weighted by molar-refractivity contribution is 6.31. The Bertz CT molecular complexity index is 692. The predicted octanol–water partition coefficient (Wildman–Crippen LogP) is 2.60. The smallest absolute Gasteiger partial charge is 0.263 e. The first kappa shape index (κ1) is 13.4. The lowest BCUT2D eigenvalue weighted by Crippen LogP contribution is -2.27. The molecule has 1 amide bonds. The van der Waals surface area contributed by atoms with Crippen molar-refractivity contribution in [2.24, 2.45) is 7.05 Å². The summed E-state index contributed by atoms with van der Waals surface area (Å²) in [4.78, 5) is 23.9.